The van der Waals surface area contributed by atoms with Crippen LogP contribution in [0.3, 0.4) is 0 Å². The molecule has 2 N–H and O–H groups in total. The van der Waals surface area contributed by atoms with Gasteiger partial charge < -0.3 is 4.98 Å². The summed E-state index contributed by atoms with van der Waals surface area (Å²) in [6, 6.07) is 12.4. The molecule has 5 nitrogen and oxygen atoms in total. The Balaban J connectivity index is 1.87. The number of rotatable bonds is 6. The van der Waals surface area contributed by atoms with Crippen molar-refractivity contribution in [3.8, 4) is 11.3 Å². The SMILES string of the molecule is CCC(NS(=O)(=O)c1ccc(Cl)cc1F)c1ncc(-c2ccccc2)[nH]1. The third-order valence-electron chi connectivity index (χ3n) is 3.90. The summed E-state index contributed by atoms with van der Waals surface area (Å²) >= 11 is 5.69. The number of nitrogens with one attached hydrogen (secondary N) is 2. The first kappa shape index (κ1) is 18.6. The van der Waals surface area contributed by atoms with Crippen LogP contribution in [0, 0.1) is 5.82 Å². The van der Waals surface area contributed by atoms with E-state index in [1.54, 1.807) is 6.20 Å². The molecule has 3 aromatic rings. The Morgan fingerprint density at radius 1 is 1.23 bits per heavy atom. The smallest absolute Gasteiger partial charge is 0.244 e. The van der Waals surface area contributed by atoms with E-state index < -0.39 is 26.8 Å². The van der Waals surface area contributed by atoms with E-state index in [0.29, 0.717) is 12.2 Å². The van der Waals surface area contributed by atoms with Crippen molar-refractivity contribution in [1.29, 1.82) is 0 Å². The molecule has 8 heteroatoms. The average Bonchev–Trinajstić information content (AvgIpc) is 3.10. The minimum Gasteiger partial charge on any atom is -0.341 e. The van der Waals surface area contributed by atoms with E-state index in [1.807, 2.05) is 37.3 Å². The summed E-state index contributed by atoms with van der Waals surface area (Å²) in [4.78, 5) is 6.96. The average molecular weight is 394 g/mol. The molecular weight excluding hydrogens is 377 g/mol. The molecule has 0 saturated heterocycles. The highest BCUT2D eigenvalue weighted by Gasteiger charge is 2.25. The minimum atomic E-state index is -4.07. The van der Waals surface area contributed by atoms with Crippen molar-refractivity contribution in [2.24, 2.45) is 0 Å². The third kappa shape index (κ3) is 3.95. The second-order valence-electron chi connectivity index (χ2n) is 5.71. The summed E-state index contributed by atoms with van der Waals surface area (Å²) in [5.74, 6) is -0.437. The molecule has 0 bridgehead atoms. The number of aromatic amines is 1. The number of hydrogen-bond donors (Lipinski definition) is 2. The molecule has 136 valence electrons. The van der Waals surface area contributed by atoms with Gasteiger partial charge in [-0.1, -0.05) is 48.9 Å². The highest BCUT2D eigenvalue weighted by Crippen LogP contribution is 2.24. The molecule has 0 amide bonds. The van der Waals surface area contributed by atoms with Crippen LogP contribution in [0.1, 0.15) is 25.2 Å². The number of hydrogen-bond acceptors (Lipinski definition) is 3. The van der Waals surface area contributed by atoms with Crippen LogP contribution >= 0.6 is 11.6 Å². The summed E-state index contributed by atoms with van der Waals surface area (Å²) in [5, 5.41) is 0.132. The maximum Gasteiger partial charge on any atom is 0.244 e. The fraction of sp³-hybridized carbons (Fsp3) is 0.167. The van der Waals surface area contributed by atoms with Gasteiger partial charge in [-0.2, -0.15) is 0 Å². The molecule has 0 radical (unpaired) electrons. The van der Waals surface area contributed by atoms with Gasteiger partial charge in [-0.15, -0.1) is 0 Å². The van der Waals surface area contributed by atoms with E-state index in [1.165, 1.54) is 6.07 Å². The Labute approximate surface area is 156 Å². The van der Waals surface area contributed by atoms with Crippen LogP contribution in [-0.2, 0) is 10.0 Å². The lowest BCUT2D eigenvalue weighted by molar-refractivity contribution is 0.527. The Bertz CT molecular complexity index is 1010. The Morgan fingerprint density at radius 2 is 1.96 bits per heavy atom. The minimum absolute atomic E-state index is 0.132. The predicted octanol–water partition coefficient (Wildman–Crippen LogP) is 4.30. The van der Waals surface area contributed by atoms with Crippen LogP contribution < -0.4 is 4.72 Å². The standard InChI is InChI=1S/C18H17ClFN3O2S/c1-2-15(18-21-11-16(22-18)12-6-4-3-5-7-12)23-26(24,25)17-9-8-13(19)10-14(17)20/h3-11,15,23H,2H2,1H3,(H,21,22). The molecule has 1 heterocycles. The van der Waals surface area contributed by atoms with Crippen LogP contribution in [0.2, 0.25) is 5.02 Å². The Kier molecular flexibility index (Phi) is 5.41. The zero-order valence-electron chi connectivity index (χ0n) is 13.9. The number of halogens is 2. The van der Waals surface area contributed by atoms with Crippen LogP contribution in [0.5, 0.6) is 0 Å². The molecule has 3 rings (SSSR count). The van der Waals surface area contributed by atoms with Gasteiger partial charge in [-0.25, -0.2) is 22.5 Å². The fourth-order valence-electron chi connectivity index (χ4n) is 2.55. The van der Waals surface area contributed by atoms with E-state index in [9.17, 15) is 12.8 Å². The lowest BCUT2D eigenvalue weighted by Gasteiger charge is -2.15. The second-order valence-corrected chi connectivity index (χ2v) is 7.82. The maximum atomic E-state index is 14.0. The first-order valence-corrected chi connectivity index (χ1v) is 9.84. The summed E-state index contributed by atoms with van der Waals surface area (Å²) < 4.78 is 41.6. The lowest BCUT2D eigenvalue weighted by Crippen LogP contribution is -2.29. The van der Waals surface area contributed by atoms with Gasteiger partial charge in [0.05, 0.1) is 17.9 Å². The summed E-state index contributed by atoms with van der Waals surface area (Å²) in [5.41, 5.74) is 1.71. The normalized spacial score (nSPS) is 12.9. The summed E-state index contributed by atoms with van der Waals surface area (Å²) in [6.45, 7) is 1.82. The molecular formula is C18H17ClFN3O2S. The molecule has 1 unspecified atom stereocenters. The van der Waals surface area contributed by atoms with Crippen molar-refractivity contribution >= 4 is 21.6 Å². The van der Waals surface area contributed by atoms with Crippen LogP contribution in [0.4, 0.5) is 4.39 Å². The molecule has 26 heavy (non-hydrogen) atoms. The van der Waals surface area contributed by atoms with E-state index in [4.69, 9.17) is 11.6 Å². The zero-order chi connectivity index (χ0) is 18.7. The van der Waals surface area contributed by atoms with Gasteiger partial charge in [0.15, 0.2) is 0 Å². The Morgan fingerprint density at radius 3 is 2.62 bits per heavy atom. The van der Waals surface area contributed by atoms with Gasteiger partial charge in [0, 0.05) is 5.02 Å². The molecule has 1 aromatic heterocycles. The van der Waals surface area contributed by atoms with Crippen LogP contribution in [0.25, 0.3) is 11.3 Å². The number of benzene rings is 2. The number of imidazole rings is 1. The number of H-pyrrole nitrogens is 1. The summed E-state index contributed by atoms with van der Waals surface area (Å²) in [7, 11) is -4.07. The van der Waals surface area contributed by atoms with E-state index in [0.717, 1.165) is 23.4 Å². The Hall–Kier alpha value is -2.22. The monoisotopic (exact) mass is 393 g/mol. The number of nitrogens with zero attached hydrogens (tertiary/aromatic N) is 1. The van der Waals surface area contributed by atoms with Gasteiger partial charge in [0.1, 0.15) is 16.5 Å². The lowest BCUT2D eigenvalue weighted by atomic mass is 10.2. The topological polar surface area (TPSA) is 74.8 Å². The van der Waals surface area contributed by atoms with Crippen molar-refractivity contribution < 1.29 is 12.8 Å². The largest absolute Gasteiger partial charge is 0.341 e. The van der Waals surface area contributed by atoms with Crippen molar-refractivity contribution in [2.75, 3.05) is 0 Å². The highest BCUT2D eigenvalue weighted by atomic mass is 35.5. The zero-order valence-corrected chi connectivity index (χ0v) is 15.5. The van der Waals surface area contributed by atoms with Gasteiger partial charge >= 0.3 is 0 Å². The van der Waals surface area contributed by atoms with Crippen molar-refractivity contribution in [2.45, 2.75) is 24.3 Å². The molecule has 0 fully saturated rings. The van der Waals surface area contributed by atoms with Gasteiger partial charge in [-0.3, -0.25) is 0 Å². The van der Waals surface area contributed by atoms with Crippen molar-refractivity contribution in [3.63, 3.8) is 0 Å². The predicted molar refractivity (Wildman–Crippen MR) is 98.8 cm³/mol. The van der Waals surface area contributed by atoms with E-state index in [-0.39, 0.29) is 5.02 Å². The first-order valence-electron chi connectivity index (χ1n) is 7.98. The van der Waals surface area contributed by atoms with Crippen molar-refractivity contribution in [1.82, 2.24) is 14.7 Å². The van der Waals surface area contributed by atoms with Crippen LogP contribution in [0.15, 0.2) is 59.6 Å². The fourth-order valence-corrected chi connectivity index (χ4v) is 4.06. The second kappa shape index (κ2) is 7.57. The van der Waals surface area contributed by atoms with Gasteiger partial charge in [-0.05, 0) is 30.2 Å². The third-order valence-corrected chi connectivity index (χ3v) is 5.64. The molecule has 0 saturated carbocycles. The summed E-state index contributed by atoms with van der Waals surface area (Å²) in [6.07, 6.45) is 2.08. The van der Waals surface area contributed by atoms with E-state index in [2.05, 4.69) is 14.7 Å². The number of sulfonamides is 1. The quantitative estimate of drug-likeness (QED) is 0.655. The molecule has 0 aliphatic heterocycles. The highest BCUT2D eigenvalue weighted by molar-refractivity contribution is 7.89. The van der Waals surface area contributed by atoms with Gasteiger partial charge in [0.25, 0.3) is 0 Å². The van der Waals surface area contributed by atoms with E-state index >= 15 is 0 Å². The number of aromatic nitrogens is 2. The molecule has 0 spiro atoms. The van der Waals surface area contributed by atoms with Crippen molar-refractivity contribution in [3.05, 3.63) is 71.4 Å². The first-order chi connectivity index (χ1) is 12.4. The molecule has 0 aliphatic carbocycles. The van der Waals surface area contributed by atoms with Crippen LogP contribution in [-0.4, -0.2) is 18.4 Å². The molecule has 0 aliphatic rings. The van der Waals surface area contributed by atoms with Gasteiger partial charge in [0.2, 0.25) is 10.0 Å². The molecule has 2 aromatic carbocycles. The maximum absolute atomic E-state index is 14.0. The molecule has 1 atom stereocenters.